The quantitative estimate of drug-likeness (QED) is 0.714. The highest BCUT2D eigenvalue weighted by molar-refractivity contribution is 5.98. The zero-order valence-corrected chi connectivity index (χ0v) is 11.8. The second-order valence-corrected chi connectivity index (χ2v) is 5.11. The molecule has 5 heteroatoms. The predicted octanol–water partition coefficient (Wildman–Crippen LogP) is 1.56. The molecular formula is C15H22N2O3. The summed E-state index contributed by atoms with van der Waals surface area (Å²) in [5.41, 5.74) is 6.78. The molecule has 1 aliphatic rings. The van der Waals surface area contributed by atoms with Gasteiger partial charge in [0.05, 0.1) is 17.9 Å². The fraction of sp³-hybridized carbons (Fsp3) is 0.533. The van der Waals surface area contributed by atoms with Crippen LogP contribution in [0, 0.1) is 5.92 Å². The molecule has 4 N–H and O–H groups in total. The number of ether oxygens (including phenoxy) is 1. The first-order chi connectivity index (χ1) is 9.67. The Balaban J connectivity index is 2.15. The lowest BCUT2D eigenvalue weighted by atomic mass is 10.0. The van der Waals surface area contributed by atoms with E-state index in [0.29, 0.717) is 23.6 Å². The third-order valence-electron chi connectivity index (χ3n) is 3.79. The maximum Gasteiger partial charge on any atom is 0.255 e. The second kappa shape index (κ2) is 6.61. The maximum absolute atomic E-state index is 12.4. The van der Waals surface area contributed by atoms with E-state index in [-0.39, 0.29) is 24.5 Å². The Hall–Kier alpha value is -1.75. The Labute approximate surface area is 119 Å². The molecule has 0 heterocycles. The SMILES string of the molecule is CCOc1c(N)cccc1C(=O)NC1CCCC1CO. The first kappa shape index (κ1) is 14.7. The number of rotatable bonds is 5. The van der Waals surface area contributed by atoms with Crippen LogP contribution < -0.4 is 15.8 Å². The zero-order valence-electron chi connectivity index (χ0n) is 11.8. The van der Waals surface area contributed by atoms with Crippen molar-refractivity contribution in [2.24, 2.45) is 5.92 Å². The van der Waals surface area contributed by atoms with Crippen LogP contribution in [0.15, 0.2) is 18.2 Å². The van der Waals surface area contributed by atoms with Crippen molar-refractivity contribution in [2.75, 3.05) is 18.9 Å². The van der Waals surface area contributed by atoms with Crippen LogP contribution in [0.3, 0.4) is 0 Å². The minimum Gasteiger partial charge on any atom is -0.491 e. The summed E-state index contributed by atoms with van der Waals surface area (Å²) in [5.74, 6) is 0.396. The number of benzene rings is 1. The number of aliphatic hydroxyl groups is 1. The lowest BCUT2D eigenvalue weighted by Crippen LogP contribution is -2.38. The summed E-state index contributed by atoms with van der Waals surface area (Å²) in [5, 5.41) is 12.3. The molecule has 5 nitrogen and oxygen atoms in total. The van der Waals surface area contributed by atoms with Crippen molar-refractivity contribution in [3.8, 4) is 5.75 Å². The maximum atomic E-state index is 12.4. The molecule has 1 aliphatic carbocycles. The Morgan fingerprint density at radius 3 is 3.00 bits per heavy atom. The molecular weight excluding hydrogens is 256 g/mol. The van der Waals surface area contributed by atoms with Crippen LogP contribution in [0.1, 0.15) is 36.5 Å². The lowest BCUT2D eigenvalue weighted by Gasteiger charge is -2.20. The van der Waals surface area contributed by atoms with Gasteiger partial charge in [0.15, 0.2) is 5.75 Å². The molecule has 1 saturated carbocycles. The van der Waals surface area contributed by atoms with Gasteiger partial charge in [-0.15, -0.1) is 0 Å². The Morgan fingerprint density at radius 1 is 1.50 bits per heavy atom. The molecule has 0 saturated heterocycles. The monoisotopic (exact) mass is 278 g/mol. The van der Waals surface area contributed by atoms with Gasteiger partial charge in [-0.2, -0.15) is 0 Å². The van der Waals surface area contributed by atoms with Crippen molar-refractivity contribution >= 4 is 11.6 Å². The summed E-state index contributed by atoms with van der Waals surface area (Å²) in [6.07, 6.45) is 2.89. The van der Waals surface area contributed by atoms with Crippen molar-refractivity contribution in [3.05, 3.63) is 23.8 Å². The number of carbonyl (C=O) groups is 1. The van der Waals surface area contributed by atoms with Crippen molar-refractivity contribution in [1.82, 2.24) is 5.32 Å². The van der Waals surface area contributed by atoms with E-state index in [0.717, 1.165) is 19.3 Å². The molecule has 1 aromatic carbocycles. The molecule has 2 rings (SSSR count). The van der Waals surface area contributed by atoms with Crippen molar-refractivity contribution in [1.29, 1.82) is 0 Å². The number of aliphatic hydroxyl groups excluding tert-OH is 1. The van der Waals surface area contributed by atoms with Gasteiger partial charge >= 0.3 is 0 Å². The molecule has 0 spiro atoms. The van der Waals surface area contributed by atoms with Gasteiger partial charge in [0.2, 0.25) is 0 Å². The molecule has 1 amide bonds. The molecule has 0 aromatic heterocycles. The van der Waals surface area contributed by atoms with Crippen LogP contribution in [-0.4, -0.2) is 30.3 Å². The number of para-hydroxylation sites is 1. The highest BCUT2D eigenvalue weighted by atomic mass is 16.5. The van der Waals surface area contributed by atoms with Crippen molar-refractivity contribution in [3.63, 3.8) is 0 Å². The average molecular weight is 278 g/mol. The Kier molecular flexibility index (Phi) is 4.84. The third-order valence-corrected chi connectivity index (χ3v) is 3.79. The summed E-state index contributed by atoms with van der Waals surface area (Å²) in [6.45, 7) is 2.42. The van der Waals surface area contributed by atoms with Crippen LogP contribution in [0.5, 0.6) is 5.75 Å². The van der Waals surface area contributed by atoms with Crippen LogP contribution in [-0.2, 0) is 0 Å². The standard InChI is InChI=1S/C15H22N2O3/c1-2-20-14-11(6-4-7-12(14)16)15(19)17-13-8-3-5-10(13)9-18/h4,6-7,10,13,18H,2-3,5,8-9,16H2,1H3,(H,17,19). The average Bonchev–Trinajstić information content (AvgIpc) is 2.88. The number of amides is 1. The minimum atomic E-state index is -0.189. The molecule has 1 aromatic rings. The van der Waals surface area contributed by atoms with Gasteiger partial charge in [-0.3, -0.25) is 4.79 Å². The summed E-state index contributed by atoms with van der Waals surface area (Å²) in [4.78, 5) is 12.4. The van der Waals surface area contributed by atoms with Gasteiger partial charge in [-0.25, -0.2) is 0 Å². The van der Waals surface area contributed by atoms with Crippen LogP contribution in [0.4, 0.5) is 5.69 Å². The van der Waals surface area contributed by atoms with Crippen LogP contribution in [0.25, 0.3) is 0 Å². The van der Waals surface area contributed by atoms with Gasteiger partial charge in [0.1, 0.15) is 0 Å². The normalized spacial score (nSPS) is 21.7. The number of nitrogens with two attached hydrogens (primary N) is 1. The van der Waals surface area contributed by atoms with Crippen LogP contribution in [0.2, 0.25) is 0 Å². The van der Waals surface area contributed by atoms with E-state index >= 15 is 0 Å². The van der Waals surface area contributed by atoms with E-state index in [1.807, 2.05) is 6.92 Å². The van der Waals surface area contributed by atoms with Gasteiger partial charge < -0.3 is 20.9 Å². The number of nitrogen functional groups attached to an aromatic ring is 1. The molecule has 110 valence electrons. The fourth-order valence-electron chi connectivity index (χ4n) is 2.73. The highest BCUT2D eigenvalue weighted by Crippen LogP contribution is 2.29. The number of hydrogen-bond acceptors (Lipinski definition) is 4. The summed E-state index contributed by atoms with van der Waals surface area (Å²) >= 11 is 0. The van der Waals surface area contributed by atoms with Gasteiger partial charge in [-0.05, 0) is 31.9 Å². The Bertz CT molecular complexity index is 476. The molecule has 2 unspecified atom stereocenters. The summed E-state index contributed by atoms with van der Waals surface area (Å²) in [6, 6.07) is 5.20. The van der Waals surface area contributed by atoms with E-state index in [4.69, 9.17) is 10.5 Å². The second-order valence-electron chi connectivity index (χ2n) is 5.11. The fourth-order valence-corrected chi connectivity index (χ4v) is 2.73. The van der Waals surface area contributed by atoms with E-state index in [1.165, 1.54) is 0 Å². The summed E-state index contributed by atoms with van der Waals surface area (Å²) in [7, 11) is 0. The smallest absolute Gasteiger partial charge is 0.255 e. The summed E-state index contributed by atoms with van der Waals surface area (Å²) < 4.78 is 5.47. The topological polar surface area (TPSA) is 84.6 Å². The van der Waals surface area contributed by atoms with Crippen molar-refractivity contribution < 1.29 is 14.6 Å². The first-order valence-electron chi connectivity index (χ1n) is 7.10. The molecule has 20 heavy (non-hydrogen) atoms. The first-order valence-corrected chi connectivity index (χ1v) is 7.10. The predicted molar refractivity (Wildman–Crippen MR) is 77.7 cm³/mol. The van der Waals surface area contributed by atoms with E-state index in [2.05, 4.69) is 5.32 Å². The molecule has 1 fully saturated rings. The third kappa shape index (κ3) is 3.04. The lowest BCUT2D eigenvalue weighted by molar-refractivity contribution is 0.0912. The molecule has 0 radical (unpaired) electrons. The zero-order chi connectivity index (χ0) is 14.5. The van der Waals surface area contributed by atoms with Gasteiger partial charge in [0.25, 0.3) is 5.91 Å². The number of anilines is 1. The van der Waals surface area contributed by atoms with E-state index < -0.39 is 0 Å². The van der Waals surface area contributed by atoms with Crippen LogP contribution >= 0.6 is 0 Å². The highest BCUT2D eigenvalue weighted by Gasteiger charge is 2.29. The van der Waals surface area contributed by atoms with E-state index in [9.17, 15) is 9.90 Å². The van der Waals surface area contributed by atoms with E-state index in [1.54, 1.807) is 18.2 Å². The minimum absolute atomic E-state index is 0.0309. The van der Waals surface area contributed by atoms with Crippen molar-refractivity contribution in [2.45, 2.75) is 32.2 Å². The molecule has 0 aliphatic heterocycles. The largest absolute Gasteiger partial charge is 0.491 e. The molecule has 0 bridgehead atoms. The van der Waals surface area contributed by atoms with Gasteiger partial charge in [-0.1, -0.05) is 12.5 Å². The number of hydrogen-bond donors (Lipinski definition) is 3. The number of carbonyl (C=O) groups excluding carboxylic acids is 1. The molecule has 2 atom stereocenters. The van der Waals surface area contributed by atoms with Gasteiger partial charge in [0, 0.05) is 18.6 Å². The Morgan fingerprint density at radius 2 is 2.30 bits per heavy atom. The number of nitrogens with one attached hydrogen (secondary N) is 1.